The van der Waals surface area contributed by atoms with Gasteiger partial charge in [-0.2, -0.15) is 0 Å². The van der Waals surface area contributed by atoms with E-state index in [1.54, 1.807) is 0 Å². The average Bonchev–Trinajstić information content (AvgIpc) is 2.96. The highest BCUT2D eigenvalue weighted by Gasteiger charge is 2.48. The second kappa shape index (κ2) is 22.2. The number of hydrogen-bond acceptors (Lipinski definition) is 9. The summed E-state index contributed by atoms with van der Waals surface area (Å²) in [6, 6.07) is 0. The zero-order valence-electron chi connectivity index (χ0n) is 26.9. The van der Waals surface area contributed by atoms with Gasteiger partial charge in [-0.05, 0) is 39.0 Å². The molecule has 2 rings (SSSR count). The van der Waals surface area contributed by atoms with E-state index < -0.39 is 37.0 Å². The summed E-state index contributed by atoms with van der Waals surface area (Å²) >= 11 is 0. The zero-order chi connectivity index (χ0) is 29.9. The molecule has 2 aliphatic heterocycles. The van der Waals surface area contributed by atoms with Gasteiger partial charge in [0.15, 0.2) is 12.6 Å². The first-order valence-corrected chi connectivity index (χ1v) is 16.7. The Balaban J connectivity index is 2.11. The fourth-order valence-electron chi connectivity index (χ4n) is 5.15. The van der Waals surface area contributed by atoms with Crippen molar-refractivity contribution in [2.45, 2.75) is 167 Å². The van der Waals surface area contributed by atoms with Crippen LogP contribution in [0.5, 0.6) is 0 Å². The fraction of sp³-hybridized carbons (Fsp3) is 1.00. The highest BCUT2D eigenvalue weighted by Crippen LogP contribution is 2.31. The maximum absolute atomic E-state index is 11.0. The van der Waals surface area contributed by atoms with Gasteiger partial charge in [0.05, 0.1) is 18.8 Å². The molecule has 0 aromatic carbocycles. The number of ether oxygens (including phenoxy) is 8. The van der Waals surface area contributed by atoms with E-state index in [9.17, 15) is 5.11 Å². The van der Waals surface area contributed by atoms with Crippen LogP contribution in [0.1, 0.15) is 112 Å². The molecule has 1 N–H and O–H groups in total. The van der Waals surface area contributed by atoms with Crippen LogP contribution in [0.25, 0.3) is 0 Å². The monoisotopic (exact) mass is 590 g/mol. The third-order valence-electron chi connectivity index (χ3n) is 7.74. The van der Waals surface area contributed by atoms with E-state index in [1.165, 1.54) is 0 Å². The van der Waals surface area contributed by atoms with Crippen LogP contribution in [0.2, 0.25) is 0 Å². The van der Waals surface area contributed by atoms with E-state index in [-0.39, 0.29) is 24.9 Å². The second-order valence-electron chi connectivity index (χ2n) is 11.4. The van der Waals surface area contributed by atoms with Gasteiger partial charge in [-0.15, -0.1) is 0 Å². The molecule has 0 amide bonds. The van der Waals surface area contributed by atoms with E-state index in [2.05, 4.69) is 34.6 Å². The smallest absolute Gasteiger partial charge is 0.184 e. The SMILES string of the molecule is CCCCOC1C(OCCCC)[C@@H](O)OC(CO[C@@H]2C[C@@H](OCCCC)C(OCCCC)C(C)O2)[C@H]1OCCCC. The molecule has 9 heteroatoms. The first-order chi connectivity index (χ1) is 20.0. The molecule has 0 aromatic rings. The van der Waals surface area contributed by atoms with E-state index in [4.69, 9.17) is 37.9 Å². The molecule has 2 heterocycles. The number of aliphatic hydroxyl groups is 1. The van der Waals surface area contributed by atoms with E-state index in [0.29, 0.717) is 39.5 Å². The molecule has 0 aliphatic carbocycles. The topological polar surface area (TPSA) is 94.1 Å². The summed E-state index contributed by atoms with van der Waals surface area (Å²) < 4.78 is 50.0. The molecule has 0 radical (unpaired) electrons. The molecule has 2 saturated heterocycles. The van der Waals surface area contributed by atoms with Gasteiger partial charge < -0.3 is 43.0 Å². The highest BCUT2D eigenvalue weighted by molar-refractivity contribution is 4.93. The van der Waals surface area contributed by atoms with Crippen LogP contribution in [0.4, 0.5) is 0 Å². The van der Waals surface area contributed by atoms with Crippen molar-refractivity contribution in [3.05, 3.63) is 0 Å². The lowest BCUT2D eigenvalue weighted by Crippen LogP contribution is -2.62. The molecule has 0 bridgehead atoms. The minimum absolute atomic E-state index is 0.108. The van der Waals surface area contributed by atoms with Crippen molar-refractivity contribution in [3.63, 3.8) is 0 Å². The van der Waals surface area contributed by atoms with E-state index >= 15 is 0 Å². The predicted octanol–water partition coefficient (Wildman–Crippen LogP) is 5.78. The number of unbranched alkanes of at least 4 members (excludes halogenated alkanes) is 5. The predicted molar refractivity (Wildman–Crippen MR) is 159 cm³/mol. The molecule has 5 unspecified atom stereocenters. The molecule has 9 nitrogen and oxygen atoms in total. The second-order valence-corrected chi connectivity index (χ2v) is 11.4. The Bertz CT molecular complexity index is 624. The molecule has 0 saturated carbocycles. The maximum Gasteiger partial charge on any atom is 0.184 e. The van der Waals surface area contributed by atoms with Gasteiger partial charge in [-0.3, -0.25) is 0 Å². The minimum atomic E-state index is -1.13. The molecular formula is C32H62O9. The van der Waals surface area contributed by atoms with Crippen molar-refractivity contribution in [2.24, 2.45) is 0 Å². The third kappa shape index (κ3) is 13.0. The van der Waals surface area contributed by atoms with Crippen molar-refractivity contribution >= 4 is 0 Å². The maximum atomic E-state index is 11.0. The Labute approximate surface area is 250 Å². The van der Waals surface area contributed by atoms with E-state index in [0.717, 1.165) is 64.2 Å². The molecule has 9 atom stereocenters. The summed E-state index contributed by atoms with van der Waals surface area (Å²) in [5.74, 6) is 0. The van der Waals surface area contributed by atoms with Crippen LogP contribution in [0, 0.1) is 0 Å². The van der Waals surface area contributed by atoms with Crippen LogP contribution in [0.3, 0.4) is 0 Å². The fourth-order valence-corrected chi connectivity index (χ4v) is 5.15. The molecule has 0 aromatic heterocycles. The molecule has 0 spiro atoms. The number of aliphatic hydroxyl groups excluding tert-OH is 1. The Morgan fingerprint density at radius 3 is 1.56 bits per heavy atom. The van der Waals surface area contributed by atoms with E-state index in [1.807, 2.05) is 6.92 Å². The van der Waals surface area contributed by atoms with Gasteiger partial charge in [0.25, 0.3) is 0 Å². The van der Waals surface area contributed by atoms with Crippen molar-refractivity contribution < 1.29 is 43.0 Å². The standard InChI is InChI=1S/C32H62O9/c1-7-12-17-34-25-22-27(40-24(6)28(25)35-18-13-8-2)39-23-26-29(36-19-14-9-3)30(37-20-15-10-4)31(32(33)41-26)38-21-16-11-5/h24-33H,7-23H2,1-6H3/t24?,25-,26?,27+,28?,29-,30?,31?,32+/m1/s1. The lowest BCUT2D eigenvalue weighted by atomic mass is 9.98. The molecule has 41 heavy (non-hydrogen) atoms. The van der Waals surface area contributed by atoms with Crippen LogP contribution < -0.4 is 0 Å². The summed E-state index contributed by atoms with van der Waals surface area (Å²) in [6.07, 6.45) is 6.47. The minimum Gasteiger partial charge on any atom is -0.375 e. The lowest BCUT2D eigenvalue weighted by molar-refractivity contribution is -0.324. The Kier molecular flexibility index (Phi) is 19.9. The van der Waals surface area contributed by atoms with Crippen LogP contribution in [0.15, 0.2) is 0 Å². The largest absolute Gasteiger partial charge is 0.375 e. The molecule has 2 aliphatic rings. The normalized spacial score (nSPS) is 32.4. The molecular weight excluding hydrogens is 528 g/mol. The Morgan fingerprint density at radius 1 is 0.561 bits per heavy atom. The Morgan fingerprint density at radius 2 is 1.02 bits per heavy atom. The quantitative estimate of drug-likeness (QED) is 0.149. The van der Waals surface area contributed by atoms with Gasteiger partial charge in [-0.1, -0.05) is 66.7 Å². The van der Waals surface area contributed by atoms with Gasteiger partial charge >= 0.3 is 0 Å². The van der Waals surface area contributed by atoms with Crippen molar-refractivity contribution in [1.82, 2.24) is 0 Å². The van der Waals surface area contributed by atoms with Gasteiger partial charge in [0.1, 0.15) is 30.5 Å². The first-order valence-electron chi connectivity index (χ1n) is 16.7. The third-order valence-corrected chi connectivity index (χ3v) is 7.74. The van der Waals surface area contributed by atoms with Gasteiger partial charge in [0, 0.05) is 39.5 Å². The first kappa shape index (κ1) is 36.8. The highest BCUT2D eigenvalue weighted by atomic mass is 16.7. The summed E-state index contributed by atoms with van der Waals surface area (Å²) in [7, 11) is 0. The lowest BCUT2D eigenvalue weighted by Gasteiger charge is -2.45. The summed E-state index contributed by atoms with van der Waals surface area (Å²) in [5.41, 5.74) is 0. The number of rotatable bonds is 23. The van der Waals surface area contributed by atoms with Crippen LogP contribution in [-0.4, -0.2) is 100 Å². The van der Waals surface area contributed by atoms with Crippen molar-refractivity contribution in [3.8, 4) is 0 Å². The molecule has 244 valence electrons. The summed E-state index contributed by atoms with van der Waals surface area (Å²) in [5, 5.41) is 11.0. The van der Waals surface area contributed by atoms with Crippen LogP contribution >= 0.6 is 0 Å². The number of hydrogen-bond donors (Lipinski definition) is 1. The Hall–Kier alpha value is -0.360. The molecule has 2 fully saturated rings. The summed E-state index contributed by atoms with van der Waals surface area (Å²) in [4.78, 5) is 0. The van der Waals surface area contributed by atoms with Crippen molar-refractivity contribution in [2.75, 3.05) is 39.6 Å². The van der Waals surface area contributed by atoms with Gasteiger partial charge in [-0.25, -0.2) is 0 Å². The van der Waals surface area contributed by atoms with Crippen molar-refractivity contribution in [1.29, 1.82) is 0 Å². The summed E-state index contributed by atoms with van der Waals surface area (Å²) in [6.45, 7) is 16.0. The average molecular weight is 591 g/mol. The zero-order valence-corrected chi connectivity index (χ0v) is 26.9. The van der Waals surface area contributed by atoms with Gasteiger partial charge in [0.2, 0.25) is 0 Å². The van der Waals surface area contributed by atoms with Crippen LogP contribution in [-0.2, 0) is 37.9 Å².